The number of thiophene rings is 1. The molecule has 0 bridgehead atoms. The Kier molecular flexibility index (Phi) is 5.77. The first kappa shape index (κ1) is 20.8. The van der Waals surface area contributed by atoms with Crippen molar-refractivity contribution in [3.05, 3.63) is 64.4 Å². The Bertz CT molecular complexity index is 1150. The first-order valence-electron chi connectivity index (χ1n) is 9.62. The molecule has 0 fully saturated rings. The van der Waals surface area contributed by atoms with E-state index in [0.29, 0.717) is 17.3 Å². The molecule has 1 aromatic carbocycles. The van der Waals surface area contributed by atoms with Gasteiger partial charge >= 0.3 is 5.97 Å². The molecule has 3 heterocycles. The second-order valence-corrected chi connectivity index (χ2v) is 10.2. The molecule has 30 heavy (non-hydrogen) atoms. The van der Waals surface area contributed by atoms with Crippen LogP contribution in [0.4, 0.5) is 0 Å². The van der Waals surface area contributed by atoms with Crippen LogP contribution in [0.3, 0.4) is 0 Å². The summed E-state index contributed by atoms with van der Waals surface area (Å²) in [5, 5.41) is 1.93. The largest absolute Gasteiger partial charge is 0.458 e. The fourth-order valence-corrected chi connectivity index (χ4v) is 5.33. The second kappa shape index (κ2) is 8.33. The maximum Gasteiger partial charge on any atom is 0.325 e. The normalized spacial score (nSPS) is 16.9. The third-order valence-corrected chi connectivity index (χ3v) is 7.86. The Hall–Kier alpha value is -2.49. The van der Waals surface area contributed by atoms with E-state index >= 15 is 0 Å². The highest BCUT2D eigenvalue weighted by Gasteiger charge is 2.39. The molecule has 0 spiro atoms. The van der Waals surface area contributed by atoms with Gasteiger partial charge in [0.25, 0.3) is 0 Å². The molecule has 158 valence electrons. The van der Waals surface area contributed by atoms with Gasteiger partial charge in [0, 0.05) is 13.0 Å². The molecule has 0 unspecified atom stereocenters. The minimum absolute atomic E-state index is 0.0717. The van der Waals surface area contributed by atoms with Gasteiger partial charge in [-0.05, 0) is 36.4 Å². The average molecular weight is 447 g/mol. The van der Waals surface area contributed by atoms with Gasteiger partial charge in [0.15, 0.2) is 0 Å². The lowest BCUT2D eigenvalue weighted by Crippen LogP contribution is -2.49. The molecule has 4 rings (SSSR count). The molecule has 9 heteroatoms. The lowest BCUT2D eigenvalue weighted by molar-refractivity contribution is -0.150. The predicted molar refractivity (Wildman–Crippen MR) is 113 cm³/mol. The number of aromatic nitrogens is 1. The highest BCUT2D eigenvalue weighted by atomic mass is 32.2. The Labute approximate surface area is 179 Å². The van der Waals surface area contributed by atoms with Crippen LogP contribution in [0.2, 0.25) is 0 Å². The van der Waals surface area contributed by atoms with Gasteiger partial charge in [0.2, 0.25) is 15.9 Å². The first-order valence-corrected chi connectivity index (χ1v) is 12.1. The standard InChI is InChI=1S/C21H22N2O5S2/c1-3-30(25,26)23-12-16-8-5-4-7-15(16)11-18(23)21(24)27-13-17-14(2)28-20(22-17)19-9-6-10-29-19/h4-10,18H,3,11-13H2,1-2H3/t18-/m1/s1. The van der Waals surface area contributed by atoms with Crippen LogP contribution in [0.25, 0.3) is 10.8 Å². The number of ether oxygens (including phenoxy) is 1. The van der Waals surface area contributed by atoms with Crippen molar-refractivity contribution in [1.29, 1.82) is 0 Å². The summed E-state index contributed by atoms with van der Waals surface area (Å²) < 4.78 is 37.7. The predicted octanol–water partition coefficient (Wildman–Crippen LogP) is 3.53. The number of aryl methyl sites for hydroxylation is 1. The zero-order valence-corrected chi connectivity index (χ0v) is 18.3. The fraction of sp³-hybridized carbons (Fsp3) is 0.333. The van der Waals surface area contributed by atoms with Crippen molar-refractivity contribution >= 4 is 27.3 Å². The van der Waals surface area contributed by atoms with Crippen LogP contribution < -0.4 is 0 Å². The van der Waals surface area contributed by atoms with E-state index in [-0.39, 0.29) is 25.3 Å². The van der Waals surface area contributed by atoms with Gasteiger partial charge in [-0.2, -0.15) is 4.31 Å². The van der Waals surface area contributed by atoms with Gasteiger partial charge in [-0.1, -0.05) is 30.3 Å². The molecule has 0 radical (unpaired) electrons. The highest BCUT2D eigenvalue weighted by Crippen LogP contribution is 2.28. The Morgan fingerprint density at radius 1 is 1.27 bits per heavy atom. The van der Waals surface area contributed by atoms with Crippen molar-refractivity contribution in [3.8, 4) is 10.8 Å². The summed E-state index contributed by atoms with van der Waals surface area (Å²) in [7, 11) is -3.58. The van der Waals surface area contributed by atoms with Crippen LogP contribution in [-0.4, -0.2) is 35.5 Å². The van der Waals surface area contributed by atoms with Crippen LogP contribution in [0.15, 0.2) is 46.2 Å². The molecule has 0 saturated heterocycles. The number of fused-ring (bicyclic) bond motifs is 1. The monoisotopic (exact) mass is 446 g/mol. The molecule has 1 atom stereocenters. The maximum atomic E-state index is 12.9. The van der Waals surface area contributed by atoms with E-state index < -0.39 is 22.0 Å². The van der Waals surface area contributed by atoms with Crippen molar-refractivity contribution in [2.45, 2.75) is 39.5 Å². The molecule has 2 aromatic heterocycles. The zero-order valence-electron chi connectivity index (χ0n) is 16.7. The number of hydrogen-bond acceptors (Lipinski definition) is 7. The molecule has 0 aliphatic carbocycles. The smallest absolute Gasteiger partial charge is 0.325 e. The van der Waals surface area contributed by atoms with E-state index in [1.54, 1.807) is 13.8 Å². The van der Waals surface area contributed by atoms with E-state index in [2.05, 4.69) is 4.98 Å². The van der Waals surface area contributed by atoms with E-state index in [9.17, 15) is 13.2 Å². The lowest BCUT2D eigenvalue weighted by atomic mass is 9.96. The van der Waals surface area contributed by atoms with Crippen molar-refractivity contribution in [1.82, 2.24) is 9.29 Å². The van der Waals surface area contributed by atoms with Crippen LogP contribution in [0.1, 0.15) is 29.5 Å². The summed E-state index contributed by atoms with van der Waals surface area (Å²) in [6, 6.07) is 10.5. The average Bonchev–Trinajstić information content (AvgIpc) is 3.41. The molecule has 3 aromatic rings. The summed E-state index contributed by atoms with van der Waals surface area (Å²) in [6.45, 7) is 3.43. The van der Waals surface area contributed by atoms with Gasteiger partial charge in [-0.15, -0.1) is 11.3 Å². The third kappa shape index (κ3) is 4.05. The Balaban J connectivity index is 1.53. The number of esters is 1. The molecule has 7 nitrogen and oxygen atoms in total. The molecule has 1 aliphatic rings. The van der Waals surface area contributed by atoms with E-state index in [1.807, 2.05) is 41.8 Å². The minimum atomic E-state index is -3.58. The first-order chi connectivity index (χ1) is 14.4. The summed E-state index contributed by atoms with van der Waals surface area (Å²) in [4.78, 5) is 18.2. The summed E-state index contributed by atoms with van der Waals surface area (Å²) >= 11 is 1.51. The van der Waals surface area contributed by atoms with Gasteiger partial charge in [0.05, 0.1) is 10.6 Å². The SMILES string of the molecule is CCS(=O)(=O)N1Cc2ccccc2C[C@@H]1C(=O)OCc1nc(-c2cccs2)oc1C. The summed E-state index contributed by atoms with van der Waals surface area (Å²) in [5.74, 6) is 0.390. The molecule has 0 N–H and O–H groups in total. The maximum absolute atomic E-state index is 12.9. The van der Waals surface area contributed by atoms with Crippen LogP contribution in [0.5, 0.6) is 0 Å². The number of sulfonamides is 1. The quantitative estimate of drug-likeness (QED) is 0.538. The van der Waals surface area contributed by atoms with Crippen LogP contribution in [-0.2, 0) is 39.1 Å². The molecular formula is C21H22N2O5S2. The summed E-state index contributed by atoms with van der Waals surface area (Å²) in [5.41, 5.74) is 2.39. The minimum Gasteiger partial charge on any atom is -0.458 e. The van der Waals surface area contributed by atoms with Crippen LogP contribution in [0, 0.1) is 6.92 Å². The number of carbonyl (C=O) groups is 1. The number of benzene rings is 1. The van der Waals surface area contributed by atoms with Crippen molar-refractivity contribution in [3.63, 3.8) is 0 Å². The van der Waals surface area contributed by atoms with Gasteiger partial charge in [0.1, 0.15) is 24.1 Å². The van der Waals surface area contributed by atoms with Crippen molar-refractivity contribution in [2.24, 2.45) is 0 Å². The second-order valence-electron chi connectivity index (χ2n) is 7.04. The number of nitrogens with zero attached hydrogens (tertiary/aromatic N) is 2. The van der Waals surface area contributed by atoms with E-state index in [4.69, 9.17) is 9.15 Å². The number of oxazole rings is 1. The topological polar surface area (TPSA) is 89.7 Å². The van der Waals surface area contributed by atoms with Gasteiger partial charge in [-0.3, -0.25) is 4.79 Å². The van der Waals surface area contributed by atoms with E-state index in [1.165, 1.54) is 15.6 Å². The van der Waals surface area contributed by atoms with Gasteiger partial charge in [-0.25, -0.2) is 13.4 Å². The van der Waals surface area contributed by atoms with E-state index in [0.717, 1.165) is 16.0 Å². The summed E-state index contributed by atoms with van der Waals surface area (Å²) in [6.07, 6.45) is 0.284. The fourth-order valence-electron chi connectivity index (χ4n) is 3.46. The molecular weight excluding hydrogens is 424 g/mol. The Morgan fingerprint density at radius 3 is 2.73 bits per heavy atom. The number of carbonyl (C=O) groups excluding carboxylic acids is 1. The number of hydrogen-bond donors (Lipinski definition) is 0. The highest BCUT2D eigenvalue weighted by molar-refractivity contribution is 7.89. The molecule has 0 saturated carbocycles. The molecule has 1 aliphatic heterocycles. The Morgan fingerprint density at radius 2 is 2.03 bits per heavy atom. The zero-order chi connectivity index (χ0) is 21.3. The van der Waals surface area contributed by atoms with Gasteiger partial charge < -0.3 is 9.15 Å². The number of rotatable bonds is 6. The third-order valence-electron chi connectivity index (χ3n) is 5.18. The van der Waals surface area contributed by atoms with Crippen molar-refractivity contribution in [2.75, 3.05) is 5.75 Å². The molecule has 0 amide bonds. The van der Waals surface area contributed by atoms with Crippen LogP contribution >= 0.6 is 11.3 Å². The van der Waals surface area contributed by atoms with Crippen molar-refractivity contribution < 1.29 is 22.4 Å². The lowest BCUT2D eigenvalue weighted by Gasteiger charge is -2.34.